The maximum Gasteiger partial charge on any atom is 0.311 e. The molecule has 1 rings (SSSR count). The summed E-state index contributed by atoms with van der Waals surface area (Å²) in [5.74, 6) is -1.13. The van der Waals surface area contributed by atoms with Crippen LogP contribution in [0, 0.1) is 5.41 Å². The molecule has 106 valence electrons. The smallest absolute Gasteiger partial charge is 0.311 e. The largest absolute Gasteiger partial charge is 0.481 e. The Hall–Kier alpha value is -0.400. The molecule has 0 unspecified atom stereocenters. The molecule has 1 amide bonds. The van der Waals surface area contributed by atoms with Crippen LogP contribution in [0.5, 0.6) is 0 Å². The lowest BCUT2D eigenvalue weighted by Crippen LogP contribution is -2.42. The average molecular weight is 413 g/mol. The molecule has 19 heavy (non-hydrogen) atoms. The van der Waals surface area contributed by atoms with Crippen LogP contribution in [-0.2, 0) is 4.79 Å². The van der Waals surface area contributed by atoms with Crippen LogP contribution >= 0.6 is 43.2 Å². The summed E-state index contributed by atoms with van der Waals surface area (Å²) in [7, 11) is 0. The van der Waals surface area contributed by atoms with Gasteiger partial charge in [0.25, 0.3) is 5.91 Å². The number of amides is 1. The van der Waals surface area contributed by atoms with Crippen LogP contribution in [0.25, 0.3) is 0 Å². The molecule has 1 aromatic heterocycles. The molecule has 2 N–H and O–H groups in total. The van der Waals surface area contributed by atoms with Gasteiger partial charge in [-0.2, -0.15) is 0 Å². The predicted octanol–water partition coefficient (Wildman–Crippen LogP) is 3.89. The van der Waals surface area contributed by atoms with Crippen molar-refractivity contribution in [1.82, 2.24) is 5.32 Å². The second-order valence-electron chi connectivity index (χ2n) is 4.21. The molecular formula is C12H15Br2NO3S. The summed E-state index contributed by atoms with van der Waals surface area (Å²) in [6.45, 7) is 3.77. The molecule has 0 aliphatic carbocycles. The van der Waals surface area contributed by atoms with Gasteiger partial charge in [-0.3, -0.25) is 9.59 Å². The van der Waals surface area contributed by atoms with Gasteiger partial charge in [0, 0.05) is 6.54 Å². The fraction of sp³-hybridized carbons (Fsp3) is 0.500. The van der Waals surface area contributed by atoms with Gasteiger partial charge in [-0.05, 0) is 50.8 Å². The van der Waals surface area contributed by atoms with Crippen molar-refractivity contribution in [1.29, 1.82) is 0 Å². The number of aliphatic carboxylic acids is 1. The first-order chi connectivity index (χ1) is 8.86. The molecule has 0 spiro atoms. The highest BCUT2D eigenvalue weighted by Crippen LogP contribution is 2.32. The summed E-state index contributed by atoms with van der Waals surface area (Å²) in [6.07, 6.45) is 0.960. The van der Waals surface area contributed by atoms with Crippen molar-refractivity contribution in [3.63, 3.8) is 0 Å². The van der Waals surface area contributed by atoms with Crippen molar-refractivity contribution >= 4 is 55.1 Å². The van der Waals surface area contributed by atoms with E-state index in [4.69, 9.17) is 0 Å². The van der Waals surface area contributed by atoms with Crippen LogP contribution in [0.4, 0.5) is 0 Å². The van der Waals surface area contributed by atoms with E-state index in [-0.39, 0.29) is 12.5 Å². The second-order valence-corrected chi connectivity index (χ2v) is 7.96. The zero-order valence-electron chi connectivity index (χ0n) is 10.6. The lowest BCUT2D eigenvalue weighted by Gasteiger charge is -2.26. The van der Waals surface area contributed by atoms with E-state index < -0.39 is 11.4 Å². The Morgan fingerprint density at radius 3 is 2.32 bits per heavy atom. The van der Waals surface area contributed by atoms with Crippen LogP contribution in [0.2, 0.25) is 0 Å². The molecule has 7 heteroatoms. The van der Waals surface area contributed by atoms with Crippen LogP contribution in [0.3, 0.4) is 0 Å². The number of carbonyl (C=O) groups is 2. The molecule has 0 saturated heterocycles. The van der Waals surface area contributed by atoms with Gasteiger partial charge in [-0.1, -0.05) is 13.8 Å². The molecule has 4 nitrogen and oxygen atoms in total. The molecule has 0 saturated carbocycles. The van der Waals surface area contributed by atoms with E-state index in [1.54, 1.807) is 6.07 Å². The van der Waals surface area contributed by atoms with E-state index in [0.29, 0.717) is 18.4 Å². The topological polar surface area (TPSA) is 66.4 Å². The lowest BCUT2D eigenvalue weighted by atomic mass is 9.82. The van der Waals surface area contributed by atoms with Crippen LogP contribution in [0.1, 0.15) is 37.0 Å². The van der Waals surface area contributed by atoms with Crippen LogP contribution < -0.4 is 5.32 Å². The highest BCUT2D eigenvalue weighted by Gasteiger charge is 2.35. The molecule has 0 aromatic carbocycles. The molecule has 0 aliphatic rings. The third kappa shape index (κ3) is 3.79. The highest BCUT2D eigenvalue weighted by molar-refractivity contribution is 9.12. The molecule has 0 atom stereocenters. The second kappa shape index (κ2) is 6.85. The van der Waals surface area contributed by atoms with E-state index in [9.17, 15) is 14.7 Å². The number of carboxylic acid groups (broad SMARTS) is 1. The van der Waals surface area contributed by atoms with Crippen LogP contribution in [0.15, 0.2) is 13.6 Å². The van der Waals surface area contributed by atoms with Crippen molar-refractivity contribution < 1.29 is 14.7 Å². The van der Waals surface area contributed by atoms with Gasteiger partial charge in [-0.15, -0.1) is 11.3 Å². The standard InChI is InChI=1S/C12H15Br2NO3S/c1-3-12(4-2,11(17)18)6-15-10(16)7-5-8(13)19-9(7)14/h5H,3-4,6H2,1-2H3,(H,15,16)(H,17,18). The van der Waals surface area contributed by atoms with Gasteiger partial charge in [0.1, 0.15) is 0 Å². The Balaban J connectivity index is 2.78. The zero-order chi connectivity index (χ0) is 14.6. The number of carbonyl (C=O) groups excluding carboxylic acids is 1. The Labute approximate surface area is 132 Å². The maximum absolute atomic E-state index is 12.0. The summed E-state index contributed by atoms with van der Waals surface area (Å²) in [5, 5.41) is 12.0. The zero-order valence-corrected chi connectivity index (χ0v) is 14.6. The van der Waals surface area contributed by atoms with E-state index in [1.165, 1.54) is 11.3 Å². The van der Waals surface area contributed by atoms with Crippen molar-refractivity contribution in [3.05, 3.63) is 19.2 Å². The van der Waals surface area contributed by atoms with Gasteiger partial charge in [0.05, 0.1) is 18.6 Å². The SMILES string of the molecule is CCC(CC)(CNC(=O)c1cc(Br)sc1Br)C(=O)O. The summed E-state index contributed by atoms with van der Waals surface area (Å²) < 4.78 is 1.57. The fourth-order valence-corrected chi connectivity index (χ4v) is 4.51. The third-order valence-corrected chi connectivity index (χ3v) is 5.64. The quantitative estimate of drug-likeness (QED) is 0.744. The fourth-order valence-electron chi connectivity index (χ4n) is 1.72. The average Bonchev–Trinajstić information content (AvgIpc) is 2.69. The molecule has 0 fully saturated rings. The summed E-state index contributed by atoms with van der Waals surface area (Å²) in [4.78, 5) is 23.4. The minimum absolute atomic E-state index is 0.133. The Morgan fingerprint density at radius 2 is 1.95 bits per heavy atom. The lowest BCUT2D eigenvalue weighted by molar-refractivity contribution is -0.149. The van der Waals surface area contributed by atoms with E-state index in [0.717, 1.165) is 7.57 Å². The molecule has 0 aliphatic heterocycles. The normalized spacial score (nSPS) is 11.4. The molecule has 1 heterocycles. The molecule has 0 bridgehead atoms. The predicted molar refractivity (Wildman–Crippen MR) is 82.7 cm³/mol. The van der Waals surface area contributed by atoms with Crippen molar-refractivity contribution in [2.45, 2.75) is 26.7 Å². The molecule has 0 radical (unpaired) electrons. The summed E-state index contributed by atoms with van der Waals surface area (Å²) in [6, 6.07) is 1.71. The van der Waals surface area contributed by atoms with E-state index >= 15 is 0 Å². The van der Waals surface area contributed by atoms with E-state index in [2.05, 4.69) is 37.2 Å². The summed E-state index contributed by atoms with van der Waals surface area (Å²) in [5.41, 5.74) is -0.376. The Morgan fingerprint density at radius 1 is 1.37 bits per heavy atom. The number of thiophene rings is 1. The van der Waals surface area contributed by atoms with Crippen LogP contribution in [-0.4, -0.2) is 23.5 Å². The minimum Gasteiger partial charge on any atom is -0.481 e. The number of carboxylic acids is 1. The highest BCUT2D eigenvalue weighted by atomic mass is 79.9. The number of hydrogen-bond acceptors (Lipinski definition) is 3. The molecular weight excluding hydrogens is 398 g/mol. The van der Waals surface area contributed by atoms with Crippen molar-refractivity contribution in [2.24, 2.45) is 5.41 Å². The van der Waals surface area contributed by atoms with Gasteiger partial charge in [0.15, 0.2) is 0 Å². The van der Waals surface area contributed by atoms with Gasteiger partial charge in [0.2, 0.25) is 0 Å². The van der Waals surface area contributed by atoms with Gasteiger partial charge >= 0.3 is 5.97 Å². The summed E-state index contributed by atoms with van der Waals surface area (Å²) >= 11 is 8.02. The first kappa shape index (κ1) is 16.7. The van der Waals surface area contributed by atoms with E-state index in [1.807, 2.05) is 13.8 Å². The van der Waals surface area contributed by atoms with Crippen molar-refractivity contribution in [3.8, 4) is 0 Å². The number of nitrogens with one attached hydrogen (secondary N) is 1. The number of hydrogen-bond donors (Lipinski definition) is 2. The van der Waals surface area contributed by atoms with Crippen molar-refractivity contribution in [2.75, 3.05) is 6.54 Å². The first-order valence-corrected chi connectivity index (χ1v) is 8.23. The number of rotatable bonds is 6. The maximum atomic E-state index is 12.0. The first-order valence-electron chi connectivity index (χ1n) is 5.82. The third-order valence-electron chi connectivity index (χ3n) is 3.30. The Bertz CT molecular complexity index is 483. The van der Waals surface area contributed by atoms with Gasteiger partial charge in [-0.25, -0.2) is 0 Å². The van der Waals surface area contributed by atoms with Gasteiger partial charge < -0.3 is 10.4 Å². The number of halogens is 2. The molecule has 1 aromatic rings. The Kier molecular flexibility index (Phi) is 6.01. The minimum atomic E-state index is -0.893. The monoisotopic (exact) mass is 411 g/mol.